The van der Waals surface area contributed by atoms with Gasteiger partial charge in [0.15, 0.2) is 5.82 Å². The zero-order chi connectivity index (χ0) is 11.7. The zero-order valence-corrected chi connectivity index (χ0v) is 10.2. The molecule has 0 spiro atoms. The number of rotatable bonds is 2. The van der Waals surface area contributed by atoms with Crippen molar-refractivity contribution in [2.24, 2.45) is 0 Å². The second-order valence-corrected chi connectivity index (χ2v) is 4.97. The summed E-state index contributed by atoms with van der Waals surface area (Å²) in [6, 6.07) is 4.06. The normalized spacial score (nSPS) is 20.2. The van der Waals surface area contributed by atoms with Crippen LogP contribution in [0.15, 0.2) is 12.1 Å². The molecule has 2 saturated heterocycles. The Morgan fingerprint density at radius 2 is 1.47 bits per heavy atom. The van der Waals surface area contributed by atoms with Gasteiger partial charge in [-0.15, -0.1) is 0 Å². The first-order valence-corrected chi connectivity index (χ1v) is 6.61. The van der Waals surface area contributed by atoms with E-state index in [9.17, 15) is 0 Å². The zero-order valence-electron chi connectivity index (χ0n) is 10.2. The first-order valence-electron chi connectivity index (χ1n) is 6.61. The van der Waals surface area contributed by atoms with Crippen LogP contribution in [-0.4, -0.2) is 31.2 Å². The lowest BCUT2D eigenvalue weighted by Crippen LogP contribution is -2.23. The molecule has 17 heavy (non-hydrogen) atoms. The molecule has 0 amide bonds. The Bertz CT molecular complexity index is 392. The van der Waals surface area contributed by atoms with Crippen molar-refractivity contribution >= 4 is 17.3 Å². The molecule has 4 nitrogen and oxygen atoms in total. The molecule has 0 unspecified atom stereocenters. The van der Waals surface area contributed by atoms with Crippen LogP contribution in [0.25, 0.3) is 0 Å². The number of anilines is 3. The van der Waals surface area contributed by atoms with E-state index in [1.165, 1.54) is 25.7 Å². The lowest BCUT2D eigenvalue weighted by Gasteiger charge is -2.22. The molecular formula is C13H20N4. The third kappa shape index (κ3) is 2.04. The van der Waals surface area contributed by atoms with E-state index in [0.29, 0.717) is 0 Å². The SMILES string of the molecule is Nc1ccc(N2CCCC2)nc1N1CCCC1. The third-order valence-corrected chi connectivity index (χ3v) is 3.73. The monoisotopic (exact) mass is 232 g/mol. The highest BCUT2D eigenvalue weighted by atomic mass is 15.3. The van der Waals surface area contributed by atoms with E-state index < -0.39 is 0 Å². The molecule has 0 aromatic carbocycles. The Balaban J connectivity index is 1.88. The number of nitrogen functional groups attached to an aromatic ring is 1. The highest BCUT2D eigenvalue weighted by Gasteiger charge is 2.19. The molecular weight excluding hydrogens is 212 g/mol. The van der Waals surface area contributed by atoms with Gasteiger partial charge in [-0.1, -0.05) is 0 Å². The van der Waals surface area contributed by atoms with Crippen LogP contribution in [0.3, 0.4) is 0 Å². The average molecular weight is 232 g/mol. The first-order chi connectivity index (χ1) is 8.34. The van der Waals surface area contributed by atoms with Gasteiger partial charge in [0, 0.05) is 26.2 Å². The van der Waals surface area contributed by atoms with Crippen molar-refractivity contribution in [1.82, 2.24) is 4.98 Å². The quantitative estimate of drug-likeness (QED) is 0.845. The van der Waals surface area contributed by atoms with Crippen LogP contribution in [0.5, 0.6) is 0 Å². The highest BCUT2D eigenvalue weighted by Crippen LogP contribution is 2.28. The Hall–Kier alpha value is -1.45. The summed E-state index contributed by atoms with van der Waals surface area (Å²) < 4.78 is 0. The molecule has 1 aromatic rings. The summed E-state index contributed by atoms with van der Waals surface area (Å²) in [6.07, 6.45) is 5.08. The Morgan fingerprint density at radius 1 is 0.882 bits per heavy atom. The largest absolute Gasteiger partial charge is 0.396 e. The minimum Gasteiger partial charge on any atom is -0.396 e. The average Bonchev–Trinajstić information content (AvgIpc) is 3.03. The molecule has 1 aromatic heterocycles. The highest BCUT2D eigenvalue weighted by molar-refractivity contribution is 5.66. The molecule has 0 saturated carbocycles. The number of aromatic nitrogens is 1. The molecule has 0 bridgehead atoms. The smallest absolute Gasteiger partial charge is 0.154 e. The van der Waals surface area contributed by atoms with E-state index in [1.54, 1.807) is 0 Å². The molecule has 4 heteroatoms. The summed E-state index contributed by atoms with van der Waals surface area (Å²) in [5.74, 6) is 2.09. The van der Waals surface area contributed by atoms with Crippen molar-refractivity contribution in [3.63, 3.8) is 0 Å². The lowest BCUT2D eigenvalue weighted by atomic mass is 10.3. The van der Waals surface area contributed by atoms with Crippen LogP contribution in [0, 0.1) is 0 Å². The number of hydrogen-bond donors (Lipinski definition) is 1. The summed E-state index contributed by atoms with van der Waals surface area (Å²) >= 11 is 0. The molecule has 0 radical (unpaired) electrons. The number of nitrogens with zero attached hydrogens (tertiary/aromatic N) is 3. The van der Waals surface area contributed by atoms with Gasteiger partial charge in [-0.25, -0.2) is 4.98 Å². The Labute approximate surface area is 102 Å². The Morgan fingerprint density at radius 3 is 2.12 bits per heavy atom. The van der Waals surface area contributed by atoms with Gasteiger partial charge in [-0.3, -0.25) is 0 Å². The predicted molar refractivity (Wildman–Crippen MR) is 71.5 cm³/mol. The molecule has 2 N–H and O–H groups in total. The van der Waals surface area contributed by atoms with Gasteiger partial charge in [0.2, 0.25) is 0 Å². The number of hydrogen-bond acceptors (Lipinski definition) is 4. The van der Waals surface area contributed by atoms with Crippen molar-refractivity contribution in [3.05, 3.63) is 12.1 Å². The maximum absolute atomic E-state index is 6.05. The summed E-state index contributed by atoms with van der Waals surface area (Å²) in [6.45, 7) is 4.47. The van der Waals surface area contributed by atoms with Gasteiger partial charge < -0.3 is 15.5 Å². The van der Waals surface area contributed by atoms with Crippen LogP contribution in [0.4, 0.5) is 17.3 Å². The van der Waals surface area contributed by atoms with E-state index in [0.717, 1.165) is 43.5 Å². The summed E-state index contributed by atoms with van der Waals surface area (Å²) in [5, 5.41) is 0. The van der Waals surface area contributed by atoms with Crippen molar-refractivity contribution < 1.29 is 0 Å². The predicted octanol–water partition coefficient (Wildman–Crippen LogP) is 1.86. The van der Waals surface area contributed by atoms with Gasteiger partial charge >= 0.3 is 0 Å². The van der Waals surface area contributed by atoms with Crippen molar-refractivity contribution in [1.29, 1.82) is 0 Å². The first kappa shape index (κ1) is 10.7. The van der Waals surface area contributed by atoms with Crippen LogP contribution in [0.2, 0.25) is 0 Å². The molecule has 2 aliphatic rings. The molecule has 2 fully saturated rings. The van der Waals surface area contributed by atoms with Gasteiger partial charge in [-0.05, 0) is 37.8 Å². The fraction of sp³-hybridized carbons (Fsp3) is 0.615. The topological polar surface area (TPSA) is 45.4 Å². The summed E-state index contributed by atoms with van der Waals surface area (Å²) in [7, 11) is 0. The van der Waals surface area contributed by atoms with Crippen LogP contribution in [0.1, 0.15) is 25.7 Å². The molecule has 3 heterocycles. The second kappa shape index (κ2) is 4.43. The van der Waals surface area contributed by atoms with E-state index in [4.69, 9.17) is 10.7 Å². The van der Waals surface area contributed by atoms with Gasteiger partial charge in [0.25, 0.3) is 0 Å². The standard InChI is InChI=1S/C13H20N4/c14-11-5-6-12(16-7-1-2-8-16)15-13(11)17-9-3-4-10-17/h5-6H,1-4,7-10,14H2. The van der Waals surface area contributed by atoms with E-state index in [1.807, 2.05) is 6.07 Å². The van der Waals surface area contributed by atoms with Crippen molar-refractivity contribution in [2.75, 3.05) is 41.7 Å². The van der Waals surface area contributed by atoms with Gasteiger partial charge in [0.05, 0.1) is 5.69 Å². The third-order valence-electron chi connectivity index (χ3n) is 3.73. The van der Waals surface area contributed by atoms with Crippen molar-refractivity contribution in [2.45, 2.75) is 25.7 Å². The summed E-state index contributed by atoms with van der Waals surface area (Å²) in [5.41, 5.74) is 6.86. The minimum atomic E-state index is 0.815. The van der Waals surface area contributed by atoms with E-state index in [-0.39, 0.29) is 0 Å². The minimum absolute atomic E-state index is 0.815. The maximum atomic E-state index is 6.05. The van der Waals surface area contributed by atoms with Crippen LogP contribution in [-0.2, 0) is 0 Å². The fourth-order valence-electron chi connectivity index (χ4n) is 2.75. The molecule has 92 valence electrons. The van der Waals surface area contributed by atoms with Crippen LogP contribution < -0.4 is 15.5 Å². The molecule has 0 aliphatic carbocycles. The van der Waals surface area contributed by atoms with E-state index >= 15 is 0 Å². The molecule has 2 aliphatic heterocycles. The molecule has 0 atom stereocenters. The molecule has 3 rings (SSSR count). The van der Waals surface area contributed by atoms with E-state index in [2.05, 4.69) is 15.9 Å². The second-order valence-electron chi connectivity index (χ2n) is 4.97. The Kier molecular flexibility index (Phi) is 2.79. The van der Waals surface area contributed by atoms with Gasteiger partial charge in [0.1, 0.15) is 5.82 Å². The fourth-order valence-corrected chi connectivity index (χ4v) is 2.75. The van der Waals surface area contributed by atoms with Gasteiger partial charge in [-0.2, -0.15) is 0 Å². The lowest BCUT2D eigenvalue weighted by molar-refractivity contribution is 0.903. The number of nitrogens with two attached hydrogens (primary N) is 1. The summed E-state index contributed by atoms with van der Waals surface area (Å²) in [4.78, 5) is 9.44. The van der Waals surface area contributed by atoms with Crippen LogP contribution >= 0.6 is 0 Å². The maximum Gasteiger partial charge on any atom is 0.154 e. The number of pyridine rings is 1. The van der Waals surface area contributed by atoms with Crippen molar-refractivity contribution in [3.8, 4) is 0 Å².